The van der Waals surface area contributed by atoms with Crippen molar-refractivity contribution in [3.05, 3.63) is 0 Å². The molecular weight excluding hydrogens is 481 g/mol. The standard InChI is InChI=1S/C21H41N5O2.HI/c1-4-22-21(24-11-10-23-20(27)18-8-6-5-7-9-18)25-16-19(17(2)3)26-12-14-28-15-13-26;/h17-19H,4-16H2,1-3H3,(H,23,27)(H2,22,24,25);1H. The molecule has 1 atom stereocenters. The quantitative estimate of drug-likeness (QED) is 0.187. The van der Waals surface area contributed by atoms with Crippen LogP contribution in [0.4, 0.5) is 0 Å². The number of halogens is 1. The van der Waals surface area contributed by atoms with E-state index >= 15 is 0 Å². The topological polar surface area (TPSA) is 78.0 Å². The molecule has 1 saturated carbocycles. The average molecular weight is 524 g/mol. The van der Waals surface area contributed by atoms with Crippen molar-refractivity contribution < 1.29 is 9.53 Å². The first-order valence-electron chi connectivity index (χ1n) is 11.2. The van der Waals surface area contributed by atoms with Gasteiger partial charge in [0.15, 0.2) is 5.96 Å². The third kappa shape index (κ3) is 9.83. The van der Waals surface area contributed by atoms with Gasteiger partial charge in [-0.25, -0.2) is 0 Å². The molecule has 3 N–H and O–H groups in total. The zero-order chi connectivity index (χ0) is 20.2. The van der Waals surface area contributed by atoms with E-state index in [0.717, 1.165) is 58.2 Å². The molecule has 0 bridgehead atoms. The number of aliphatic imine (C=N–C) groups is 1. The highest BCUT2D eigenvalue weighted by atomic mass is 127. The van der Waals surface area contributed by atoms with Crippen LogP contribution in [0.15, 0.2) is 4.99 Å². The number of amides is 1. The molecule has 8 heteroatoms. The van der Waals surface area contributed by atoms with Crippen molar-refractivity contribution in [1.29, 1.82) is 0 Å². The lowest BCUT2D eigenvalue weighted by Crippen LogP contribution is -2.48. The summed E-state index contributed by atoms with van der Waals surface area (Å²) in [6.45, 7) is 13.1. The van der Waals surface area contributed by atoms with Crippen molar-refractivity contribution in [2.75, 3.05) is 52.5 Å². The molecule has 2 aliphatic rings. The number of nitrogens with one attached hydrogen (secondary N) is 3. The van der Waals surface area contributed by atoms with Crippen molar-refractivity contribution in [2.45, 2.75) is 58.9 Å². The van der Waals surface area contributed by atoms with Gasteiger partial charge >= 0.3 is 0 Å². The third-order valence-corrected chi connectivity index (χ3v) is 5.76. The Kier molecular flexibility index (Phi) is 13.9. The smallest absolute Gasteiger partial charge is 0.223 e. The van der Waals surface area contributed by atoms with Crippen molar-refractivity contribution in [3.8, 4) is 0 Å². The molecule has 1 heterocycles. The number of carbonyl (C=O) groups excluding carboxylic acids is 1. The number of hydrogen-bond donors (Lipinski definition) is 3. The molecule has 170 valence electrons. The Hall–Kier alpha value is -0.610. The van der Waals surface area contributed by atoms with E-state index < -0.39 is 0 Å². The van der Waals surface area contributed by atoms with Gasteiger partial charge in [-0.05, 0) is 25.7 Å². The largest absolute Gasteiger partial charge is 0.379 e. The maximum absolute atomic E-state index is 12.2. The summed E-state index contributed by atoms with van der Waals surface area (Å²) in [5.41, 5.74) is 0. The lowest BCUT2D eigenvalue weighted by molar-refractivity contribution is -0.125. The fraction of sp³-hybridized carbons (Fsp3) is 0.905. The van der Waals surface area contributed by atoms with Gasteiger partial charge in [-0.1, -0.05) is 33.1 Å². The van der Waals surface area contributed by atoms with Crippen LogP contribution in [0.1, 0.15) is 52.9 Å². The molecule has 0 radical (unpaired) electrons. The Morgan fingerprint density at radius 3 is 2.34 bits per heavy atom. The number of nitrogens with zero attached hydrogens (tertiary/aromatic N) is 2. The molecule has 1 unspecified atom stereocenters. The lowest BCUT2D eigenvalue weighted by atomic mass is 9.89. The number of hydrogen-bond acceptors (Lipinski definition) is 4. The second-order valence-corrected chi connectivity index (χ2v) is 8.23. The summed E-state index contributed by atoms with van der Waals surface area (Å²) in [4.78, 5) is 19.5. The van der Waals surface area contributed by atoms with E-state index in [0.29, 0.717) is 25.0 Å². The molecule has 1 amide bonds. The van der Waals surface area contributed by atoms with Crippen molar-refractivity contribution in [3.63, 3.8) is 0 Å². The molecule has 2 fully saturated rings. The minimum Gasteiger partial charge on any atom is -0.379 e. The zero-order valence-electron chi connectivity index (χ0n) is 18.5. The highest BCUT2D eigenvalue weighted by molar-refractivity contribution is 14.0. The van der Waals surface area contributed by atoms with Crippen LogP contribution in [0, 0.1) is 11.8 Å². The van der Waals surface area contributed by atoms with Gasteiger partial charge in [-0.15, -0.1) is 24.0 Å². The summed E-state index contributed by atoms with van der Waals surface area (Å²) in [7, 11) is 0. The fourth-order valence-corrected chi connectivity index (χ4v) is 4.06. The van der Waals surface area contributed by atoms with Gasteiger partial charge in [-0.2, -0.15) is 0 Å². The van der Waals surface area contributed by atoms with Gasteiger partial charge in [0.1, 0.15) is 0 Å². The van der Waals surface area contributed by atoms with Gasteiger partial charge in [0.2, 0.25) is 5.91 Å². The maximum atomic E-state index is 12.2. The highest BCUT2D eigenvalue weighted by Crippen LogP contribution is 2.23. The molecule has 0 aromatic rings. The summed E-state index contributed by atoms with van der Waals surface area (Å²) < 4.78 is 5.49. The number of rotatable bonds is 9. The molecule has 1 aliphatic carbocycles. The molecule has 0 aromatic heterocycles. The van der Waals surface area contributed by atoms with Crippen LogP contribution < -0.4 is 16.0 Å². The SMILES string of the molecule is CCNC(=NCC(C(C)C)N1CCOCC1)NCCNC(=O)C1CCCCC1.I. The van der Waals surface area contributed by atoms with Gasteiger partial charge in [0.05, 0.1) is 19.8 Å². The van der Waals surface area contributed by atoms with Crippen LogP contribution in [-0.4, -0.2) is 75.3 Å². The summed E-state index contributed by atoms with van der Waals surface area (Å²) in [5.74, 6) is 1.81. The summed E-state index contributed by atoms with van der Waals surface area (Å²) >= 11 is 0. The van der Waals surface area contributed by atoms with Crippen LogP contribution in [0.25, 0.3) is 0 Å². The molecule has 0 spiro atoms. The Morgan fingerprint density at radius 1 is 1.07 bits per heavy atom. The van der Waals surface area contributed by atoms with Crippen LogP contribution in [0.5, 0.6) is 0 Å². The van der Waals surface area contributed by atoms with Gasteiger partial charge < -0.3 is 20.7 Å². The Labute approximate surface area is 194 Å². The normalized spacial score (nSPS) is 20.1. The van der Waals surface area contributed by atoms with Crippen molar-refractivity contribution in [2.24, 2.45) is 16.8 Å². The van der Waals surface area contributed by atoms with E-state index in [1.54, 1.807) is 0 Å². The first-order chi connectivity index (χ1) is 13.6. The summed E-state index contributed by atoms with van der Waals surface area (Å²) in [5, 5.41) is 9.75. The molecule has 0 aromatic carbocycles. The predicted octanol–water partition coefficient (Wildman–Crippen LogP) is 2.21. The number of guanidine groups is 1. The lowest BCUT2D eigenvalue weighted by Gasteiger charge is -2.36. The van der Waals surface area contributed by atoms with Gasteiger partial charge in [-0.3, -0.25) is 14.7 Å². The van der Waals surface area contributed by atoms with E-state index in [1.807, 2.05) is 0 Å². The van der Waals surface area contributed by atoms with Crippen LogP contribution >= 0.6 is 24.0 Å². The minimum atomic E-state index is 0. The number of ether oxygens (including phenoxy) is 1. The molecule has 1 saturated heterocycles. The molecule has 7 nitrogen and oxygen atoms in total. The van der Waals surface area contributed by atoms with E-state index in [1.165, 1.54) is 19.3 Å². The van der Waals surface area contributed by atoms with Crippen molar-refractivity contribution >= 4 is 35.8 Å². The van der Waals surface area contributed by atoms with Gasteiger partial charge in [0.25, 0.3) is 0 Å². The average Bonchev–Trinajstić information content (AvgIpc) is 2.72. The Balaban J connectivity index is 0.00000420. The van der Waals surface area contributed by atoms with E-state index in [9.17, 15) is 4.79 Å². The van der Waals surface area contributed by atoms with E-state index in [2.05, 4.69) is 41.6 Å². The fourth-order valence-electron chi connectivity index (χ4n) is 4.06. The van der Waals surface area contributed by atoms with Crippen LogP contribution in [0.3, 0.4) is 0 Å². The molecule has 2 rings (SSSR count). The van der Waals surface area contributed by atoms with E-state index in [-0.39, 0.29) is 35.8 Å². The Morgan fingerprint density at radius 2 is 1.72 bits per heavy atom. The van der Waals surface area contributed by atoms with Gasteiger partial charge in [0, 0.05) is 44.7 Å². The first kappa shape index (κ1) is 26.4. The predicted molar refractivity (Wildman–Crippen MR) is 130 cm³/mol. The molecular formula is C21H42IN5O2. The monoisotopic (exact) mass is 523 g/mol. The van der Waals surface area contributed by atoms with Crippen LogP contribution in [-0.2, 0) is 9.53 Å². The van der Waals surface area contributed by atoms with E-state index in [4.69, 9.17) is 9.73 Å². The minimum absolute atomic E-state index is 0. The highest BCUT2D eigenvalue weighted by Gasteiger charge is 2.24. The molecule has 1 aliphatic heterocycles. The Bertz CT molecular complexity index is 478. The number of morpholine rings is 1. The second kappa shape index (κ2) is 15.2. The third-order valence-electron chi connectivity index (χ3n) is 5.76. The molecule has 29 heavy (non-hydrogen) atoms. The summed E-state index contributed by atoms with van der Waals surface area (Å²) in [6, 6.07) is 0.422. The maximum Gasteiger partial charge on any atom is 0.223 e. The first-order valence-corrected chi connectivity index (χ1v) is 11.2. The second-order valence-electron chi connectivity index (χ2n) is 8.23. The number of carbonyl (C=O) groups is 1. The summed E-state index contributed by atoms with van der Waals surface area (Å²) in [6.07, 6.45) is 5.74. The van der Waals surface area contributed by atoms with Crippen LogP contribution in [0.2, 0.25) is 0 Å². The zero-order valence-corrected chi connectivity index (χ0v) is 20.9. The van der Waals surface area contributed by atoms with Crippen molar-refractivity contribution in [1.82, 2.24) is 20.9 Å².